The molecule has 2 heteroatoms. The highest BCUT2D eigenvalue weighted by Gasteiger charge is 2.30. The van der Waals surface area contributed by atoms with E-state index in [1.807, 2.05) is 6.92 Å². The third-order valence-electron chi connectivity index (χ3n) is 3.40. The first-order valence-corrected chi connectivity index (χ1v) is 6.62. The molecule has 1 aliphatic rings. The van der Waals surface area contributed by atoms with Crippen LogP contribution in [0.3, 0.4) is 0 Å². The summed E-state index contributed by atoms with van der Waals surface area (Å²) in [5.74, 6) is 0.814. The first-order valence-electron chi connectivity index (χ1n) is 6.62. The topological polar surface area (TPSA) is 32.3 Å². The van der Waals surface area contributed by atoms with Crippen molar-refractivity contribution in [2.45, 2.75) is 45.3 Å². The molecule has 0 spiro atoms. The van der Waals surface area contributed by atoms with Crippen molar-refractivity contribution in [3.05, 3.63) is 35.4 Å². The summed E-state index contributed by atoms with van der Waals surface area (Å²) in [5, 5.41) is 12.9. The molecule has 1 aromatic carbocycles. The summed E-state index contributed by atoms with van der Waals surface area (Å²) in [4.78, 5) is 0. The number of rotatable bonds is 6. The molecule has 0 radical (unpaired) electrons. The molecule has 1 fully saturated rings. The van der Waals surface area contributed by atoms with Crippen molar-refractivity contribution in [3.8, 4) is 0 Å². The van der Waals surface area contributed by atoms with Crippen LogP contribution in [0.15, 0.2) is 24.3 Å². The van der Waals surface area contributed by atoms with Crippen molar-refractivity contribution in [1.82, 2.24) is 5.32 Å². The molecule has 2 nitrogen and oxygen atoms in total. The molecule has 2 unspecified atom stereocenters. The van der Waals surface area contributed by atoms with Gasteiger partial charge in [0.2, 0.25) is 0 Å². The highest BCUT2D eigenvalue weighted by molar-refractivity contribution is 5.23. The van der Waals surface area contributed by atoms with E-state index < -0.39 is 0 Å². The number of aryl methyl sites for hydroxylation is 1. The lowest BCUT2D eigenvalue weighted by molar-refractivity contribution is 0.184. The Bertz CT molecular complexity index is 358. The molecule has 0 aliphatic heterocycles. The van der Waals surface area contributed by atoms with Crippen LogP contribution in [0.4, 0.5) is 0 Å². The Balaban J connectivity index is 1.93. The SMILES string of the molecule is Cc1cccc(CC(NCC(C)O)C2CC2)c1. The molecule has 0 aromatic heterocycles. The second kappa shape index (κ2) is 5.65. The lowest BCUT2D eigenvalue weighted by Crippen LogP contribution is -2.37. The molecule has 17 heavy (non-hydrogen) atoms. The summed E-state index contributed by atoms with van der Waals surface area (Å²) < 4.78 is 0. The minimum atomic E-state index is -0.256. The molecule has 0 heterocycles. The monoisotopic (exact) mass is 233 g/mol. The van der Waals surface area contributed by atoms with Crippen LogP contribution < -0.4 is 5.32 Å². The maximum Gasteiger partial charge on any atom is 0.0636 e. The Morgan fingerprint density at radius 3 is 2.76 bits per heavy atom. The van der Waals surface area contributed by atoms with Crippen molar-refractivity contribution >= 4 is 0 Å². The largest absolute Gasteiger partial charge is 0.392 e. The van der Waals surface area contributed by atoms with Gasteiger partial charge in [-0.25, -0.2) is 0 Å². The van der Waals surface area contributed by atoms with E-state index in [1.54, 1.807) is 0 Å². The highest BCUT2D eigenvalue weighted by Crippen LogP contribution is 2.34. The van der Waals surface area contributed by atoms with Crippen molar-refractivity contribution < 1.29 is 5.11 Å². The lowest BCUT2D eigenvalue weighted by atomic mass is 10.0. The Morgan fingerprint density at radius 2 is 2.18 bits per heavy atom. The van der Waals surface area contributed by atoms with Gasteiger partial charge in [-0.3, -0.25) is 0 Å². The number of hydrogen-bond acceptors (Lipinski definition) is 2. The Morgan fingerprint density at radius 1 is 1.41 bits per heavy atom. The van der Waals surface area contributed by atoms with Crippen LogP contribution in [0.5, 0.6) is 0 Å². The van der Waals surface area contributed by atoms with Gasteiger partial charge in [-0.2, -0.15) is 0 Å². The van der Waals surface area contributed by atoms with Crippen LogP contribution in [0.1, 0.15) is 30.9 Å². The van der Waals surface area contributed by atoms with Gasteiger partial charge >= 0.3 is 0 Å². The standard InChI is InChI=1S/C15H23NO/c1-11-4-3-5-13(8-11)9-15(14-6-7-14)16-10-12(2)17/h3-5,8,12,14-17H,6-7,9-10H2,1-2H3. The predicted octanol–water partition coefficient (Wildman–Crippen LogP) is 2.29. The van der Waals surface area contributed by atoms with E-state index in [9.17, 15) is 5.11 Å². The van der Waals surface area contributed by atoms with Gasteiger partial charge in [-0.05, 0) is 44.6 Å². The van der Waals surface area contributed by atoms with Gasteiger partial charge in [0.05, 0.1) is 6.10 Å². The van der Waals surface area contributed by atoms with Crippen molar-refractivity contribution in [2.75, 3.05) is 6.54 Å². The summed E-state index contributed by atoms with van der Waals surface area (Å²) in [6, 6.07) is 9.26. The van der Waals surface area contributed by atoms with Crippen LogP contribution in [-0.4, -0.2) is 23.8 Å². The summed E-state index contributed by atoms with van der Waals surface area (Å²) in [5.41, 5.74) is 2.73. The minimum Gasteiger partial charge on any atom is -0.392 e. The number of aliphatic hydroxyl groups excluding tert-OH is 1. The molecule has 0 amide bonds. The Kier molecular flexibility index (Phi) is 4.19. The summed E-state index contributed by atoms with van der Waals surface area (Å²) in [7, 11) is 0. The molecular formula is C15H23NO. The lowest BCUT2D eigenvalue weighted by Gasteiger charge is -2.19. The zero-order valence-corrected chi connectivity index (χ0v) is 10.8. The zero-order valence-electron chi connectivity index (χ0n) is 10.8. The van der Waals surface area contributed by atoms with E-state index in [0.717, 1.165) is 12.3 Å². The second-order valence-electron chi connectivity index (χ2n) is 5.39. The van der Waals surface area contributed by atoms with E-state index in [2.05, 4.69) is 36.5 Å². The first-order chi connectivity index (χ1) is 8.15. The van der Waals surface area contributed by atoms with Gasteiger partial charge in [0, 0.05) is 12.6 Å². The average molecular weight is 233 g/mol. The maximum absolute atomic E-state index is 9.35. The number of benzene rings is 1. The van der Waals surface area contributed by atoms with Crippen LogP contribution in [0, 0.1) is 12.8 Å². The quantitative estimate of drug-likeness (QED) is 0.790. The molecule has 2 rings (SSSR count). The van der Waals surface area contributed by atoms with Crippen LogP contribution in [0.2, 0.25) is 0 Å². The molecule has 1 aromatic rings. The summed E-state index contributed by atoms with van der Waals surface area (Å²) in [6.45, 7) is 4.68. The minimum absolute atomic E-state index is 0.256. The fraction of sp³-hybridized carbons (Fsp3) is 0.600. The second-order valence-corrected chi connectivity index (χ2v) is 5.39. The van der Waals surface area contributed by atoms with E-state index in [-0.39, 0.29) is 6.10 Å². The van der Waals surface area contributed by atoms with E-state index in [0.29, 0.717) is 12.6 Å². The molecule has 2 atom stereocenters. The average Bonchev–Trinajstić information content (AvgIpc) is 3.07. The normalized spacial score (nSPS) is 19.0. The number of nitrogens with one attached hydrogen (secondary N) is 1. The molecule has 94 valence electrons. The summed E-state index contributed by atoms with van der Waals surface area (Å²) in [6.07, 6.45) is 3.50. The van der Waals surface area contributed by atoms with Crippen molar-refractivity contribution in [2.24, 2.45) is 5.92 Å². The van der Waals surface area contributed by atoms with Crippen molar-refractivity contribution in [3.63, 3.8) is 0 Å². The van der Waals surface area contributed by atoms with E-state index >= 15 is 0 Å². The van der Waals surface area contributed by atoms with Gasteiger partial charge in [0.1, 0.15) is 0 Å². The molecular weight excluding hydrogens is 210 g/mol. The molecule has 1 saturated carbocycles. The third-order valence-corrected chi connectivity index (χ3v) is 3.40. The van der Waals surface area contributed by atoms with Gasteiger partial charge in [-0.15, -0.1) is 0 Å². The molecule has 0 bridgehead atoms. The smallest absolute Gasteiger partial charge is 0.0636 e. The van der Waals surface area contributed by atoms with Gasteiger partial charge in [-0.1, -0.05) is 29.8 Å². The first kappa shape index (κ1) is 12.6. The fourth-order valence-corrected chi connectivity index (χ4v) is 2.32. The number of hydrogen-bond donors (Lipinski definition) is 2. The molecule has 2 N–H and O–H groups in total. The Hall–Kier alpha value is -0.860. The van der Waals surface area contributed by atoms with Crippen LogP contribution >= 0.6 is 0 Å². The predicted molar refractivity (Wildman–Crippen MR) is 71.1 cm³/mol. The van der Waals surface area contributed by atoms with Crippen LogP contribution in [0.25, 0.3) is 0 Å². The van der Waals surface area contributed by atoms with Crippen LogP contribution in [-0.2, 0) is 6.42 Å². The molecule has 1 aliphatic carbocycles. The third kappa shape index (κ3) is 4.14. The highest BCUT2D eigenvalue weighted by atomic mass is 16.3. The fourth-order valence-electron chi connectivity index (χ4n) is 2.32. The van der Waals surface area contributed by atoms with Gasteiger partial charge < -0.3 is 10.4 Å². The van der Waals surface area contributed by atoms with E-state index in [1.165, 1.54) is 24.0 Å². The Labute approximate surface area is 104 Å². The van der Waals surface area contributed by atoms with E-state index in [4.69, 9.17) is 0 Å². The maximum atomic E-state index is 9.35. The zero-order chi connectivity index (χ0) is 12.3. The number of aliphatic hydroxyl groups is 1. The molecule has 0 saturated heterocycles. The summed E-state index contributed by atoms with van der Waals surface area (Å²) >= 11 is 0. The van der Waals surface area contributed by atoms with Crippen molar-refractivity contribution in [1.29, 1.82) is 0 Å². The van der Waals surface area contributed by atoms with Gasteiger partial charge in [0.15, 0.2) is 0 Å². The van der Waals surface area contributed by atoms with Gasteiger partial charge in [0.25, 0.3) is 0 Å².